The zero-order valence-electron chi connectivity index (χ0n) is 9.72. The number of H-pyrrole nitrogens is 1. The van der Waals surface area contributed by atoms with E-state index in [2.05, 4.69) is 20.3 Å². The Bertz CT molecular complexity index is 753. The van der Waals surface area contributed by atoms with E-state index in [0.29, 0.717) is 16.9 Å². The molecule has 0 saturated carbocycles. The van der Waals surface area contributed by atoms with Crippen LogP contribution in [0.4, 0.5) is 10.1 Å². The minimum absolute atomic E-state index is 0.00722. The van der Waals surface area contributed by atoms with E-state index in [1.807, 2.05) is 0 Å². The summed E-state index contributed by atoms with van der Waals surface area (Å²) in [7, 11) is 0. The molecule has 0 aliphatic carbocycles. The number of anilines is 1. The molecule has 2 N–H and O–H groups in total. The van der Waals surface area contributed by atoms with Crippen LogP contribution < -0.4 is 5.32 Å². The van der Waals surface area contributed by atoms with Gasteiger partial charge in [0, 0.05) is 0 Å². The molecule has 19 heavy (non-hydrogen) atoms. The number of hydrogen-bond donors (Lipinski definition) is 2. The fraction of sp³-hybridized carbons (Fsp3) is 0. The standard InChI is InChI=1S/C13H9FN4O/c14-10-4-2-1-3-9(10)13(19)18-8-5-11-12(15-6-8)17-7-16-11/h1-7H,(H,18,19)(H,15,16,17). The fourth-order valence-corrected chi connectivity index (χ4v) is 1.74. The molecule has 2 heterocycles. The van der Waals surface area contributed by atoms with Gasteiger partial charge in [0.05, 0.1) is 29.3 Å². The molecule has 6 heteroatoms. The Hall–Kier alpha value is -2.76. The van der Waals surface area contributed by atoms with Crippen LogP contribution in [-0.4, -0.2) is 20.9 Å². The minimum Gasteiger partial charge on any atom is -0.343 e. The quantitative estimate of drug-likeness (QED) is 0.739. The molecule has 94 valence electrons. The van der Waals surface area contributed by atoms with Gasteiger partial charge in [-0.15, -0.1) is 0 Å². The summed E-state index contributed by atoms with van der Waals surface area (Å²) in [6, 6.07) is 7.49. The maximum Gasteiger partial charge on any atom is 0.258 e. The summed E-state index contributed by atoms with van der Waals surface area (Å²) in [5, 5.41) is 2.59. The number of amides is 1. The van der Waals surface area contributed by atoms with Crippen molar-refractivity contribution in [3.8, 4) is 0 Å². The van der Waals surface area contributed by atoms with Gasteiger partial charge in [-0.1, -0.05) is 12.1 Å². The van der Waals surface area contributed by atoms with Crippen molar-refractivity contribution in [1.82, 2.24) is 15.0 Å². The number of fused-ring (bicyclic) bond motifs is 1. The highest BCUT2D eigenvalue weighted by atomic mass is 19.1. The molecule has 0 radical (unpaired) electrons. The minimum atomic E-state index is -0.560. The number of aromatic amines is 1. The van der Waals surface area contributed by atoms with Crippen LogP contribution in [0.25, 0.3) is 11.2 Å². The third-order valence-electron chi connectivity index (χ3n) is 2.65. The first-order valence-electron chi connectivity index (χ1n) is 5.59. The second-order valence-electron chi connectivity index (χ2n) is 3.93. The molecule has 0 bridgehead atoms. The monoisotopic (exact) mass is 256 g/mol. The van der Waals surface area contributed by atoms with Crippen molar-refractivity contribution in [2.75, 3.05) is 5.32 Å². The summed E-state index contributed by atoms with van der Waals surface area (Å²) in [5.41, 5.74) is 1.73. The molecule has 0 unspecified atom stereocenters. The molecular formula is C13H9FN4O. The number of benzene rings is 1. The van der Waals surface area contributed by atoms with Crippen molar-refractivity contribution >= 4 is 22.8 Å². The van der Waals surface area contributed by atoms with E-state index in [0.717, 1.165) is 0 Å². The van der Waals surface area contributed by atoms with Gasteiger partial charge >= 0.3 is 0 Å². The van der Waals surface area contributed by atoms with E-state index in [1.165, 1.54) is 30.7 Å². The lowest BCUT2D eigenvalue weighted by Crippen LogP contribution is -2.13. The fourth-order valence-electron chi connectivity index (χ4n) is 1.74. The number of carbonyl (C=O) groups is 1. The maximum absolute atomic E-state index is 13.5. The second-order valence-corrected chi connectivity index (χ2v) is 3.93. The summed E-state index contributed by atoms with van der Waals surface area (Å²) in [4.78, 5) is 22.8. The van der Waals surface area contributed by atoms with Crippen LogP contribution in [0.5, 0.6) is 0 Å². The molecule has 0 aliphatic rings. The van der Waals surface area contributed by atoms with Gasteiger partial charge in [0.15, 0.2) is 5.65 Å². The summed E-state index contributed by atoms with van der Waals surface area (Å²) in [6.07, 6.45) is 2.99. The Kier molecular flexibility index (Phi) is 2.68. The van der Waals surface area contributed by atoms with E-state index in [1.54, 1.807) is 12.1 Å². The van der Waals surface area contributed by atoms with E-state index in [-0.39, 0.29) is 5.56 Å². The molecule has 2 aromatic heterocycles. The summed E-state index contributed by atoms with van der Waals surface area (Å²) < 4.78 is 13.5. The summed E-state index contributed by atoms with van der Waals surface area (Å²) in [5.74, 6) is -1.07. The van der Waals surface area contributed by atoms with Crippen LogP contribution in [0, 0.1) is 5.82 Å². The van der Waals surface area contributed by atoms with Gasteiger partial charge in [-0.2, -0.15) is 0 Å². The molecule has 5 nitrogen and oxygen atoms in total. The average molecular weight is 256 g/mol. The van der Waals surface area contributed by atoms with Gasteiger partial charge in [0.1, 0.15) is 5.82 Å². The second kappa shape index (κ2) is 4.49. The molecule has 3 rings (SSSR count). The Balaban J connectivity index is 1.88. The Labute approximate surface area is 107 Å². The van der Waals surface area contributed by atoms with Gasteiger partial charge in [-0.25, -0.2) is 14.4 Å². The van der Waals surface area contributed by atoms with Crippen LogP contribution in [-0.2, 0) is 0 Å². The highest BCUT2D eigenvalue weighted by Crippen LogP contribution is 2.15. The zero-order chi connectivity index (χ0) is 13.2. The molecule has 3 aromatic rings. The van der Waals surface area contributed by atoms with Crippen molar-refractivity contribution in [3.63, 3.8) is 0 Å². The lowest BCUT2D eigenvalue weighted by molar-refractivity contribution is 0.102. The van der Waals surface area contributed by atoms with Crippen molar-refractivity contribution < 1.29 is 9.18 Å². The average Bonchev–Trinajstić information content (AvgIpc) is 2.86. The first-order valence-corrected chi connectivity index (χ1v) is 5.59. The highest BCUT2D eigenvalue weighted by Gasteiger charge is 2.11. The number of aromatic nitrogens is 3. The van der Waals surface area contributed by atoms with Crippen LogP contribution in [0.3, 0.4) is 0 Å². The number of halogens is 1. The van der Waals surface area contributed by atoms with E-state index < -0.39 is 11.7 Å². The molecule has 1 aromatic carbocycles. The van der Waals surface area contributed by atoms with Gasteiger partial charge in [-0.05, 0) is 18.2 Å². The van der Waals surface area contributed by atoms with Gasteiger partial charge in [0.2, 0.25) is 0 Å². The number of hydrogen-bond acceptors (Lipinski definition) is 3. The Morgan fingerprint density at radius 1 is 1.26 bits per heavy atom. The predicted octanol–water partition coefficient (Wildman–Crippen LogP) is 2.35. The third kappa shape index (κ3) is 2.15. The number of nitrogens with one attached hydrogen (secondary N) is 2. The SMILES string of the molecule is O=C(Nc1cnc2nc[nH]c2c1)c1ccccc1F. The molecule has 0 spiro atoms. The Morgan fingerprint density at radius 3 is 2.95 bits per heavy atom. The van der Waals surface area contributed by atoms with Gasteiger partial charge in [0.25, 0.3) is 5.91 Å². The molecule has 0 atom stereocenters. The van der Waals surface area contributed by atoms with Gasteiger partial charge < -0.3 is 10.3 Å². The van der Waals surface area contributed by atoms with Crippen molar-refractivity contribution in [1.29, 1.82) is 0 Å². The summed E-state index contributed by atoms with van der Waals surface area (Å²) >= 11 is 0. The van der Waals surface area contributed by atoms with Crippen molar-refractivity contribution in [2.45, 2.75) is 0 Å². The van der Waals surface area contributed by atoms with E-state index in [4.69, 9.17) is 0 Å². The number of rotatable bonds is 2. The van der Waals surface area contributed by atoms with Crippen molar-refractivity contribution in [2.24, 2.45) is 0 Å². The number of imidazole rings is 1. The highest BCUT2D eigenvalue weighted by molar-refractivity contribution is 6.04. The lowest BCUT2D eigenvalue weighted by Gasteiger charge is -2.05. The number of nitrogens with zero attached hydrogens (tertiary/aromatic N) is 2. The normalized spacial score (nSPS) is 10.6. The first-order chi connectivity index (χ1) is 9.24. The van der Waals surface area contributed by atoms with Crippen LogP contribution in [0.15, 0.2) is 42.9 Å². The molecule has 0 saturated heterocycles. The lowest BCUT2D eigenvalue weighted by atomic mass is 10.2. The van der Waals surface area contributed by atoms with Crippen LogP contribution >= 0.6 is 0 Å². The predicted molar refractivity (Wildman–Crippen MR) is 68.2 cm³/mol. The third-order valence-corrected chi connectivity index (χ3v) is 2.65. The molecule has 1 amide bonds. The number of pyridine rings is 1. The van der Waals surface area contributed by atoms with Gasteiger partial charge in [-0.3, -0.25) is 4.79 Å². The largest absolute Gasteiger partial charge is 0.343 e. The van der Waals surface area contributed by atoms with Crippen LogP contribution in [0.2, 0.25) is 0 Å². The topological polar surface area (TPSA) is 70.7 Å². The van der Waals surface area contributed by atoms with E-state index >= 15 is 0 Å². The van der Waals surface area contributed by atoms with Crippen LogP contribution in [0.1, 0.15) is 10.4 Å². The Morgan fingerprint density at radius 2 is 2.11 bits per heavy atom. The maximum atomic E-state index is 13.5. The molecular weight excluding hydrogens is 247 g/mol. The number of carbonyl (C=O) groups excluding carboxylic acids is 1. The van der Waals surface area contributed by atoms with E-state index in [9.17, 15) is 9.18 Å². The van der Waals surface area contributed by atoms with Crippen molar-refractivity contribution in [3.05, 3.63) is 54.2 Å². The smallest absolute Gasteiger partial charge is 0.258 e. The summed E-state index contributed by atoms with van der Waals surface area (Å²) in [6.45, 7) is 0. The molecule has 0 fully saturated rings. The first kappa shape index (κ1) is 11.3. The molecule has 0 aliphatic heterocycles. The zero-order valence-corrected chi connectivity index (χ0v) is 9.72.